The molecule has 1 aliphatic rings. The van der Waals surface area contributed by atoms with E-state index >= 15 is 0 Å². The Morgan fingerprint density at radius 3 is 2.54 bits per heavy atom. The van der Waals surface area contributed by atoms with Gasteiger partial charge in [0.25, 0.3) is 0 Å². The topological polar surface area (TPSA) is 61.4 Å². The standard InChI is InChI=1S/C20H25F2N5O/c1-13(2)20-23-14(3)10-18(25-20)27-8-6-26(7-9-27)12-19(28)24-17-11-15(21)4-5-16(17)22/h4-5,10-11,13H,6-9,12H2,1-3H3,(H,24,28). The number of carbonyl (C=O) groups is 1. The minimum Gasteiger partial charge on any atom is -0.354 e. The monoisotopic (exact) mass is 389 g/mol. The first-order chi connectivity index (χ1) is 13.3. The van der Waals surface area contributed by atoms with Gasteiger partial charge in [-0.2, -0.15) is 0 Å². The van der Waals surface area contributed by atoms with E-state index in [1.54, 1.807) is 0 Å². The van der Waals surface area contributed by atoms with Crippen molar-refractivity contribution >= 4 is 17.4 Å². The Bertz CT molecular complexity index is 850. The predicted molar refractivity (Wildman–Crippen MR) is 104 cm³/mol. The quantitative estimate of drug-likeness (QED) is 0.852. The van der Waals surface area contributed by atoms with E-state index in [-0.39, 0.29) is 24.1 Å². The SMILES string of the molecule is Cc1cc(N2CCN(CC(=O)Nc3cc(F)ccc3F)CC2)nc(C(C)C)n1. The summed E-state index contributed by atoms with van der Waals surface area (Å²) in [4.78, 5) is 25.5. The Morgan fingerprint density at radius 1 is 1.14 bits per heavy atom. The van der Waals surface area contributed by atoms with Gasteiger partial charge in [0.2, 0.25) is 5.91 Å². The van der Waals surface area contributed by atoms with Crippen LogP contribution in [0.2, 0.25) is 0 Å². The van der Waals surface area contributed by atoms with Crippen LogP contribution in [0.1, 0.15) is 31.3 Å². The van der Waals surface area contributed by atoms with E-state index in [4.69, 9.17) is 0 Å². The van der Waals surface area contributed by atoms with E-state index in [2.05, 4.69) is 34.0 Å². The van der Waals surface area contributed by atoms with Crippen molar-refractivity contribution in [1.29, 1.82) is 0 Å². The molecule has 2 aromatic rings. The third-order valence-corrected chi connectivity index (χ3v) is 4.64. The Labute approximate surface area is 163 Å². The van der Waals surface area contributed by atoms with Crippen molar-refractivity contribution in [2.75, 3.05) is 42.9 Å². The molecule has 1 amide bonds. The number of aromatic nitrogens is 2. The molecule has 8 heteroatoms. The number of hydrogen-bond acceptors (Lipinski definition) is 5. The second-order valence-corrected chi connectivity index (χ2v) is 7.32. The molecule has 0 atom stereocenters. The fourth-order valence-corrected chi connectivity index (χ4v) is 3.12. The number of aryl methyl sites for hydroxylation is 1. The number of nitrogens with one attached hydrogen (secondary N) is 1. The Kier molecular flexibility index (Phi) is 6.18. The molecule has 0 unspecified atom stereocenters. The van der Waals surface area contributed by atoms with Crippen LogP contribution in [0.5, 0.6) is 0 Å². The van der Waals surface area contributed by atoms with Gasteiger partial charge < -0.3 is 10.2 Å². The predicted octanol–water partition coefficient (Wildman–Crippen LogP) is 2.95. The number of benzene rings is 1. The van der Waals surface area contributed by atoms with Gasteiger partial charge in [0, 0.05) is 49.9 Å². The highest BCUT2D eigenvalue weighted by atomic mass is 19.1. The summed E-state index contributed by atoms with van der Waals surface area (Å²) in [7, 11) is 0. The van der Waals surface area contributed by atoms with Crippen molar-refractivity contribution in [1.82, 2.24) is 14.9 Å². The Hall–Kier alpha value is -2.61. The number of piperazine rings is 1. The number of anilines is 2. The summed E-state index contributed by atoms with van der Waals surface area (Å²) < 4.78 is 26.9. The molecule has 1 aliphatic heterocycles. The molecule has 1 fully saturated rings. The zero-order chi connectivity index (χ0) is 20.3. The first-order valence-corrected chi connectivity index (χ1v) is 9.39. The van der Waals surface area contributed by atoms with Crippen LogP contribution >= 0.6 is 0 Å². The van der Waals surface area contributed by atoms with E-state index in [1.807, 2.05) is 17.9 Å². The molecule has 0 aliphatic carbocycles. The smallest absolute Gasteiger partial charge is 0.238 e. The zero-order valence-corrected chi connectivity index (χ0v) is 16.4. The summed E-state index contributed by atoms with van der Waals surface area (Å²) in [5.41, 5.74) is 0.800. The summed E-state index contributed by atoms with van der Waals surface area (Å²) in [6, 6.07) is 4.97. The maximum Gasteiger partial charge on any atom is 0.238 e. The third kappa shape index (κ3) is 5.01. The maximum atomic E-state index is 13.7. The van der Waals surface area contributed by atoms with Gasteiger partial charge in [0.15, 0.2) is 0 Å². The van der Waals surface area contributed by atoms with Crippen LogP contribution in [0.25, 0.3) is 0 Å². The first kappa shape index (κ1) is 20.1. The van der Waals surface area contributed by atoms with Gasteiger partial charge >= 0.3 is 0 Å². The molecule has 1 aromatic heterocycles. The van der Waals surface area contributed by atoms with E-state index in [1.165, 1.54) is 0 Å². The van der Waals surface area contributed by atoms with E-state index < -0.39 is 11.6 Å². The minimum atomic E-state index is -0.653. The van der Waals surface area contributed by atoms with Crippen LogP contribution in [0.4, 0.5) is 20.3 Å². The van der Waals surface area contributed by atoms with Crippen LogP contribution < -0.4 is 10.2 Å². The zero-order valence-electron chi connectivity index (χ0n) is 16.4. The van der Waals surface area contributed by atoms with Crippen molar-refractivity contribution in [3.8, 4) is 0 Å². The Balaban J connectivity index is 1.55. The highest BCUT2D eigenvalue weighted by Crippen LogP contribution is 2.19. The molecule has 0 bridgehead atoms. The number of carbonyl (C=O) groups excluding carboxylic acids is 1. The summed E-state index contributed by atoms with van der Waals surface area (Å²) >= 11 is 0. The van der Waals surface area contributed by atoms with Gasteiger partial charge in [-0.1, -0.05) is 13.8 Å². The molecule has 0 spiro atoms. The molecule has 1 N–H and O–H groups in total. The molecule has 0 saturated carbocycles. The molecular formula is C20H25F2N5O. The van der Waals surface area contributed by atoms with Gasteiger partial charge in [0.05, 0.1) is 12.2 Å². The van der Waals surface area contributed by atoms with Crippen molar-refractivity contribution in [3.05, 3.63) is 47.4 Å². The lowest BCUT2D eigenvalue weighted by molar-refractivity contribution is -0.117. The van der Waals surface area contributed by atoms with Gasteiger partial charge in [-0.25, -0.2) is 18.7 Å². The number of hydrogen-bond donors (Lipinski definition) is 1. The molecule has 3 rings (SSSR count). The molecule has 1 aromatic carbocycles. The molecule has 6 nitrogen and oxygen atoms in total. The molecule has 150 valence electrons. The van der Waals surface area contributed by atoms with Gasteiger partial charge in [-0.05, 0) is 19.1 Å². The van der Waals surface area contributed by atoms with E-state index in [0.717, 1.165) is 48.6 Å². The molecule has 28 heavy (non-hydrogen) atoms. The van der Waals surface area contributed by atoms with Crippen LogP contribution in [0, 0.1) is 18.6 Å². The lowest BCUT2D eigenvalue weighted by atomic mass is 10.2. The van der Waals surface area contributed by atoms with Crippen LogP contribution in [-0.2, 0) is 4.79 Å². The largest absolute Gasteiger partial charge is 0.354 e. The van der Waals surface area contributed by atoms with Crippen molar-refractivity contribution < 1.29 is 13.6 Å². The maximum absolute atomic E-state index is 13.7. The molecule has 2 heterocycles. The summed E-state index contributed by atoms with van der Waals surface area (Å²) in [5.74, 6) is 0.381. The van der Waals surface area contributed by atoms with E-state index in [9.17, 15) is 13.6 Å². The fraction of sp³-hybridized carbons (Fsp3) is 0.450. The fourth-order valence-electron chi connectivity index (χ4n) is 3.12. The summed E-state index contributed by atoms with van der Waals surface area (Å²) in [5, 5.41) is 2.44. The average Bonchev–Trinajstić information content (AvgIpc) is 2.64. The third-order valence-electron chi connectivity index (χ3n) is 4.64. The van der Waals surface area contributed by atoms with Crippen LogP contribution in [0.15, 0.2) is 24.3 Å². The van der Waals surface area contributed by atoms with Gasteiger partial charge in [0.1, 0.15) is 23.3 Å². The van der Waals surface area contributed by atoms with Crippen molar-refractivity contribution in [2.24, 2.45) is 0 Å². The number of halogens is 2. The minimum absolute atomic E-state index is 0.129. The molecule has 1 saturated heterocycles. The molecular weight excluding hydrogens is 364 g/mol. The number of rotatable bonds is 5. The summed E-state index contributed by atoms with van der Waals surface area (Å²) in [6.45, 7) is 9.05. The normalized spacial score (nSPS) is 15.1. The molecule has 0 radical (unpaired) electrons. The second kappa shape index (κ2) is 8.60. The number of amides is 1. The van der Waals surface area contributed by atoms with Crippen molar-refractivity contribution in [2.45, 2.75) is 26.7 Å². The van der Waals surface area contributed by atoms with Gasteiger partial charge in [-0.15, -0.1) is 0 Å². The average molecular weight is 389 g/mol. The highest BCUT2D eigenvalue weighted by Gasteiger charge is 2.21. The summed E-state index contributed by atoms with van der Waals surface area (Å²) in [6.07, 6.45) is 0. The van der Waals surface area contributed by atoms with Gasteiger partial charge in [-0.3, -0.25) is 9.69 Å². The lowest BCUT2D eigenvalue weighted by Crippen LogP contribution is -2.49. The van der Waals surface area contributed by atoms with Crippen molar-refractivity contribution in [3.63, 3.8) is 0 Å². The lowest BCUT2D eigenvalue weighted by Gasteiger charge is -2.35. The van der Waals surface area contributed by atoms with Crippen LogP contribution in [0.3, 0.4) is 0 Å². The van der Waals surface area contributed by atoms with Crippen LogP contribution in [-0.4, -0.2) is 53.5 Å². The number of nitrogens with zero attached hydrogens (tertiary/aromatic N) is 4. The first-order valence-electron chi connectivity index (χ1n) is 9.39. The Morgan fingerprint density at radius 2 is 1.86 bits per heavy atom. The second-order valence-electron chi connectivity index (χ2n) is 7.32. The highest BCUT2D eigenvalue weighted by molar-refractivity contribution is 5.92. The van der Waals surface area contributed by atoms with E-state index in [0.29, 0.717) is 13.1 Å².